The van der Waals surface area contributed by atoms with Crippen LogP contribution in [0.5, 0.6) is 0 Å². The highest BCUT2D eigenvalue weighted by molar-refractivity contribution is 9.10. The molecule has 0 fully saturated rings. The van der Waals surface area contributed by atoms with Gasteiger partial charge in [-0.25, -0.2) is 4.98 Å². The number of hydrogen-bond donors (Lipinski definition) is 1. The first-order valence-corrected chi connectivity index (χ1v) is 7.23. The van der Waals surface area contributed by atoms with Crippen LogP contribution in [0, 0.1) is 0 Å². The number of halogens is 1. The molecule has 0 spiro atoms. The second-order valence-corrected chi connectivity index (χ2v) is 5.98. The maximum absolute atomic E-state index is 5.67. The lowest BCUT2D eigenvalue weighted by atomic mass is 10.1. The van der Waals surface area contributed by atoms with E-state index < -0.39 is 0 Å². The molecule has 0 unspecified atom stereocenters. The van der Waals surface area contributed by atoms with Gasteiger partial charge in [0.05, 0.1) is 10.2 Å². The average molecular weight is 319 g/mol. The topological polar surface area (TPSA) is 38.9 Å². The number of nitrogens with zero attached hydrogens (tertiary/aromatic N) is 1. The third-order valence-electron chi connectivity index (χ3n) is 2.76. The Balaban J connectivity index is 2.13. The molecule has 0 aliphatic rings. The van der Waals surface area contributed by atoms with E-state index in [2.05, 4.69) is 39.1 Å². The van der Waals surface area contributed by atoms with Gasteiger partial charge in [-0.05, 0) is 29.8 Å². The van der Waals surface area contributed by atoms with Crippen LogP contribution in [-0.2, 0) is 6.54 Å². The van der Waals surface area contributed by atoms with E-state index in [9.17, 15) is 0 Å². The van der Waals surface area contributed by atoms with E-state index in [0.29, 0.717) is 6.54 Å². The van der Waals surface area contributed by atoms with Crippen LogP contribution in [0.3, 0.4) is 0 Å². The van der Waals surface area contributed by atoms with Crippen molar-refractivity contribution in [3.8, 4) is 10.6 Å². The van der Waals surface area contributed by atoms with Crippen LogP contribution in [0.1, 0.15) is 5.56 Å². The summed E-state index contributed by atoms with van der Waals surface area (Å²) < 4.78 is 2.26. The smallest absolute Gasteiger partial charge is 0.124 e. The van der Waals surface area contributed by atoms with E-state index in [1.165, 1.54) is 4.70 Å². The predicted molar refractivity (Wildman–Crippen MR) is 80.6 cm³/mol. The molecule has 0 amide bonds. The van der Waals surface area contributed by atoms with Crippen molar-refractivity contribution < 1.29 is 0 Å². The fraction of sp³-hybridized carbons (Fsp3) is 0.0714. The summed E-state index contributed by atoms with van der Waals surface area (Å²) in [6.45, 7) is 0.560. The van der Waals surface area contributed by atoms with Crippen LogP contribution in [0.15, 0.2) is 46.9 Å². The molecule has 1 aromatic heterocycles. The van der Waals surface area contributed by atoms with E-state index >= 15 is 0 Å². The quantitative estimate of drug-likeness (QED) is 0.769. The van der Waals surface area contributed by atoms with Gasteiger partial charge in [0.15, 0.2) is 0 Å². The van der Waals surface area contributed by atoms with Crippen molar-refractivity contribution >= 4 is 37.5 Å². The molecule has 18 heavy (non-hydrogen) atoms. The number of rotatable bonds is 2. The van der Waals surface area contributed by atoms with Gasteiger partial charge >= 0.3 is 0 Å². The predicted octanol–water partition coefficient (Wildman–Crippen LogP) is 4.18. The average Bonchev–Trinajstić information content (AvgIpc) is 2.81. The summed E-state index contributed by atoms with van der Waals surface area (Å²) in [7, 11) is 0. The van der Waals surface area contributed by atoms with Crippen LogP contribution in [-0.4, -0.2) is 4.98 Å². The molecule has 3 aromatic rings. The minimum absolute atomic E-state index is 0.560. The Morgan fingerprint density at radius 1 is 1.17 bits per heavy atom. The van der Waals surface area contributed by atoms with Crippen molar-refractivity contribution in [2.24, 2.45) is 5.73 Å². The first kappa shape index (κ1) is 11.8. The van der Waals surface area contributed by atoms with Crippen molar-refractivity contribution in [3.63, 3.8) is 0 Å². The zero-order valence-corrected chi connectivity index (χ0v) is 12.0. The highest BCUT2D eigenvalue weighted by Crippen LogP contribution is 2.31. The van der Waals surface area contributed by atoms with Gasteiger partial charge in [0.25, 0.3) is 0 Å². The van der Waals surface area contributed by atoms with E-state index in [0.717, 1.165) is 26.1 Å². The summed E-state index contributed by atoms with van der Waals surface area (Å²) in [5.74, 6) is 0. The van der Waals surface area contributed by atoms with Crippen molar-refractivity contribution in [1.29, 1.82) is 0 Å². The summed E-state index contributed by atoms with van der Waals surface area (Å²) in [4.78, 5) is 4.67. The van der Waals surface area contributed by atoms with Gasteiger partial charge in [-0.3, -0.25) is 0 Å². The lowest BCUT2D eigenvalue weighted by Gasteiger charge is -1.99. The Labute approximate surface area is 118 Å². The highest BCUT2D eigenvalue weighted by Gasteiger charge is 2.06. The van der Waals surface area contributed by atoms with Gasteiger partial charge in [0.1, 0.15) is 5.01 Å². The van der Waals surface area contributed by atoms with Crippen LogP contribution in [0.25, 0.3) is 20.8 Å². The molecule has 2 aromatic carbocycles. The molecule has 0 bridgehead atoms. The van der Waals surface area contributed by atoms with Crippen LogP contribution in [0.4, 0.5) is 0 Å². The zero-order chi connectivity index (χ0) is 12.5. The van der Waals surface area contributed by atoms with E-state index in [1.54, 1.807) is 11.3 Å². The second kappa shape index (κ2) is 4.80. The number of fused-ring (bicyclic) bond motifs is 1. The number of hydrogen-bond acceptors (Lipinski definition) is 3. The molecule has 0 aliphatic carbocycles. The lowest BCUT2D eigenvalue weighted by Crippen LogP contribution is -1.95. The third kappa shape index (κ3) is 2.19. The minimum atomic E-state index is 0.560. The highest BCUT2D eigenvalue weighted by atomic mass is 79.9. The van der Waals surface area contributed by atoms with Crippen molar-refractivity contribution in [1.82, 2.24) is 4.98 Å². The second-order valence-electron chi connectivity index (χ2n) is 4.04. The molecule has 2 N–H and O–H groups in total. The number of thiazole rings is 1. The zero-order valence-electron chi connectivity index (χ0n) is 9.56. The fourth-order valence-electron chi connectivity index (χ4n) is 1.86. The number of aromatic nitrogens is 1. The monoisotopic (exact) mass is 318 g/mol. The molecule has 4 heteroatoms. The molecular weight excluding hydrogens is 308 g/mol. The molecular formula is C14H11BrN2S. The lowest BCUT2D eigenvalue weighted by molar-refractivity contribution is 1.07. The van der Waals surface area contributed by atoms with Gasteiger partial charge < -0.3 is 5.73 Å². The molecule has 0 saturated carbocycles. The summed E-state index contributed by atoms with van der Waals surface area (Å²) in [5, 5.41) is 1.04. The van der Waals surface area contributed by atoms with Crippen LogP contribution in [0.2, 0.25) is 0 Å². The first-order chi connectivity index (χ1) is 8.76. The Kier molecular flexibility index (Phi) is 3.16. The number of nitrogens with two attached hydrogens (primary N) is 1. The maximum atomic E-state index is 5.67. The van der Waals surface area contributed by atoms with Crippen LogP contribution < -0.4 is 5.73 Å². The molecule has 90 valence electrons. The van der Waals surface area contributed by atoms with Gasteiger partial charge in [0, 0.05) is 16.6 Å². The molecule has 0 aliphatic heterocycles. The van der Waals surface area contributed by atoms with Gasteiger partial charge in [-0.1, -0.05) is 34.1 Å². The Hall–Kier alpha value is -1.23. The van der Waals surface area contributed by atoms with E-state index in [4.69, 9.17) is 5.73 Å². The maximum Gasteiger partial charge on any atom is 0.124 e. The summed E-state index contributed by atoms with van der Waals surface area (Å²) in [6.07, 6.45) is 0. The van der Waals surface area contributed by atoms with Crippen molar-refractivity contribution in [2.75, 3.05) is 0 Å². The normalized spacial score (nSPS) is 11.0. The molecule has 0 atom stereocenters. The summed E-state index contributed by atoms with van der Waals surface area (Å²) in [5.41, 5.74) is 8.97. The van der Waals surface area contributed by atoms with Crippen LogP contribution >= 0.6 is 27.3 Å². The fourth-order valence-corrected chi connectivity index (χ4v) is 3.15. The molecule has 0 saturated heterocycles. The van der Waals surface area contributed by atoms with Gasteiger partial charge in [-0.15, -0.1) is 11.3 Å². The minimum Gasteiger partial charge on any atom is -0.326 e. The molecule has 3 rings (SSSR count). The van der Waals surface area contributed by atoms with E-state index in [1.807, 2.05) is 24.3 Å². The number of benzene rings is 2. The third-order valence-corrected chi connectivity index (χ3v) is 4.34. The largest absolute Gasteiger partial charge is 0.326 e. The Morgan fingerprint density at radius 2 is 2.06 bits per heavy atom. The summed E-state index contributed by atoms with van der Waals surface area (Å²) in [6, 6.07) is 14.4. The van der Waals surface area contributed by atoms with Crippen molar-refractivity contribution in [2.45, 2.75) is 6.54 Å². The molecule has 0 radical (unpaired) electrons. The molecule has 2 nitrogen and oxygen atoms in total. The standard InChI is InChI=1S/C14H11BrN2S/c15-11-4-5-13-12(7-11)17-14(18-13)10-3-1-2-9(6-10)8-16/h1-7H,8,16H2. The van der Waals surface area contributed by atoms with E-state index in [-0.39, 0.29) is 0 Å². The van der Waals surface area contributed by atoms with Crippen molar-refractivity contribution in [3.05, 3.63) is 52.5 Å². The SMILES string of the molecule is NCc1cccc(-c2nc3cc(Br)ccc3s2)c1. The molecule has 1 heterocycles. The van der Waals surface area contributed by atoms with Gasteiger partial charge in [0.2, 0.25) is 0 Å². The Bertz CT molecular complexity index is 706. The summed E-state index contributed by atoms with van der Waals surface area (Å²) >= 11 is 5.17. The first-order valence-electron chi connectivity index (χ1n) is 5.62. The van der Waals surface area contributed by atoms with Gasteiger partial charge in [-0.2, -0.15) is 0 Å². The Morgan fingerprint density at radius 3 is 2.89 bits per heavy atom.